The van der Waals surface area contributed by atoms with Gasteiger partial charge in [-0.3, -0.25) is 0 Å². The molecule has 3 aliphatic rings. The van der Waals surface area contributed by atoms with Gasteiger partial charge in [0.05, 0.1) is 6.10 Å². The molecule has 3 aliphatic carbocycles. The molecule has 1 N–H and O–H groups in total. The van der Waals surface area contributed by atoms with Crippen molar-refractivity contribution in [2.24, 2.45) is 28.1 Å². The Morgan fingerprint density at radius 2 is 1.89 bits per heavy atom. The molecule has 0 heterocycles. The molecule has 0 saturated heterocycles. The maximum atomic E-state index is 10.3. The molecular formula is C26H42O. The molecule has 3 fully saturated rings. The lowest BCUT2D eigenvalue weighted by Gasteiger charge is -2.55. The van der Waals surface area contributed by atoms with Crippen molar-refractivity contribution in [1.29, 1.82) is 0 Å². The first-order chi connectivity index (χ1) is 12.6. The molecule has 0 unspecified atom stereocenters. The van der Waals surface area contributed by atoms with Crippen LogP contribution < -0.4 is 0 Å². The molecule has 27 heavy (non-hydrogen) atoms. The molecule has 0 aromatic carbocycles. The van der Waals surface area contributed by atoms with Crippen molar-refractivity contribution in [1.82, 2.24) is 0 Å². The zero-order valence-electron chi connectivity index (χ0n) is 18.7. The predicted octanol–water partition coefficient (Wildman–Crippen LogP) is 7.23. The monoisotopic (exact) mass is 370 g/mol. The standard InChI is InChI=1S/C26H42O/c1-8-24(4,5)26(7)15-13-22-21(10-9-14-25(22,26)6)12-11-20-16-18(2)19(3)23(27)17-20/h11-12,18,22-23,27H,3,8-10,13-17H2,1-2,4-7H3/b20-11+,21-12+/t18-,22+,23-,25+,26-/m1/s1. The molecule has 0 bridgehead atoms. The summed E-state index contributed by atoms with van der Waals surface area (Å²) < 4.78 is 0. The van der Waals surface area contributed by atoms with Crippen LogP contribution in [0.25, 0.3) is 0 Å². The molecule has 1 heteroatoms. The largest absolute Gasteiger partial charge is 0.388 e. The molecule has 3 saturated carbocycles. The summed E-state index contributed by atoms with van der Waals surface area (Å²) in [7, 11) is 0. The number of hydrogen-bond donors (Lipinski definition) is 1. The minimum atomic E-state index is -0.352. The zero-order chi connectivity index (χ0) is 20.0. The van der Waals surface area contributed by atoms with E-state index in [0.717, 1.165) is 24.3 Å². The van der Waals surface area contributed by atoms with E-state index >= 15 is 0 Å². The lowest BCUT2D eigenvalue weighted by molar-refractivity contribution is -0.0501. The Bertz CT molecular complexity index is 635. The minimum Gasteiger partial charge on any atom is -0.388 e. The van der Waals surface area contributed by atoms with E-state index in [1.165, 1.54) is 44.1 Å². The topological polar surface area (TPSA) is 20.2 Å². The fourth-order valence-electron chi connectivity index (χ4n) is 6.68. The van der Waals surface area contributed by atoms with Crippen LogP contribution in [0.2, 0.25) is 0 Å². The van der Waals surface area contributed by atoms with Crippen molar-refractivity contribution in [2.75, 3.05) is 0 Å². The van der Waals surface area contributed by atoms with Gasteiger partial charge in [0.15, 0.2) is 0 Å². The van der Waals surface area contributed by atoms with Gasteiger partial charge in [-0.05, 0) is 78.6 Å². The molecule has 0 aromatic heterocycles. The van der Waals surface area contributed by atoms with E-state index in [1.807, 2.05) is 0 Å². The number of aliphatic hydroxyl groups excluding tert-OH is 1. The lowest BCUT2D eigenvalue weighted by Crippen LogP contribution is -2.48. The third kappa shape index (κ3) is 3.28. The summed E-state index contributed by atoms with van der Waals surface area (Å²) in [6, 6.07) is 0. The number of aliphatic hydroxyl groups is 1. The Labute approximate surface area is 168 Å². The van der Waals surface area contributed by atoms with Crippen molar-refractivity contribution >= 4 is 0 Å². The summed E-state index contributed by atoms with van der Waals surface area (Å²) in [4.78, 5) is 0. The summed E-state index contributed by atoms with van der Waals surface area (Å²) in [5.74, 6) is 1.13. The van der Waals surface area contributed by atoms with Gasteiger partial charge in [-0.2, -0.15) is 0 Å². The van der Waals surface area contributed by atoms with Crippen LogP contribution in [0.1, 0.15) is 92.9 Å². The summed E-state index contributed by atoms with van der Waals surface area (Å²) >= 11 is 0. The van der Waals surface area contributed by atoms with Gasteiger partial charge in [0.2, 0.25) is 0 Å². The van der Waals surface area contributed by atoms with E-state index in [-0.39, 0.29) is 6.10 Å². The van der Waals surface area contributed by atoms with Crippen LogP contribution in [0.15, 0.2) is 35.5 Å². The summed E-state index contributed by atoms with van der Waals surface area (Å²) in [5.41, 5.74) is 5.32. The van der Waals surface area contributed by atoms with Gasteiger partial charge >= 0.3 is 0 Å². The van der Waals surface area contributed by atoms with E-state index in [1.54, 1.807) is 5.57 Å². The average molecular weight is 371 g/mol. The Morgan fingerprint density at radius 1 is 1.19 bits per heavy atom. The van der Waals surface area contributed by atoms with Crippen LogP contribution in [0.5, 0.6) is 0 Å². The van der Waals surface area contributed by atoms with E-state index in [0.29, 0.717) is 22.2 Å². The second-order valence-corrected chi connectivity index (χ2v) is 10.9. The molecule has 152 valence electrons. The highest BCUT2D eigenvalue weighted by molar-refractivity contribution is 5.30. The van der Waals surface area contributed by atoms with Crippen molar-refractivity contribution in [3.8, 4) is 0 Å². The highest BCUT2D eigenvalue weighted by Gasteiger charge is 2.60. The van der Waals surface area contributed by atoms with Crippen molar-refractivity contribution in [3.63, 3.8) is 0 Å². The van der Waals surface area contributed by atoms with Crippen LogP contribution in [-0.2, 0) is 0 Å². The Balaban J connectivity index is 1.86. The first-order valence-corrected chi connectivity index (χ1v) is 11.3. The molecule has 0 amide bonds. The Hall–Kier alpha value is -0.820. The summed E-state index contributed by atoms with van der Waals surface area (Å²) in [5, 5.41) is 10.3. The third-order valence-electron chi connectivity index (χ3n) is 9.57. The van der Waals surface area contributed by atoms with Gasteiger partial charge in [0, 0.05) is 0 Å². The van der Waals surface area contributed by atoms with Gasteiger partial charge in [0.1, 0.15) is 0 Å². The van der Waals surface area contributed by atoms with E-state index < -0.39 is 0 Å². The molecule has 5 atom stereocenters. The van der Waals surface area contributed by atoms with Crippen LogP contribution in [0.3, 0.4) is 0 Å². The van der Waals surface area contributed by atoms with Gasteiger partial charge in [-0.15, -0.1) is 0 Å². The van der Waals surface area contributed by atoms with Crippen LogP contribution in [-0.4, -0.2) is 11.2 Å². The SMILES string of the molecule is C=C1[C@H](C)C/C(=C\C=C2/CCC[C@@]3(C)[C@H]2CC[C@]3(C)C(C)(C)CC)C[C@H]1O. The van der Waals surface area contributed by atoms with Gasteiger partial charge in [-0.25, -0.2) is 0 Å². The summed E-state index contributed by atoms with van der Waals surface area (Å²) in [6.07, 6.45) is 14.2. The minimum absolute atomic E-state index is 0.352. The quantitative estimate of drug-likeness (QED) is 0.519. The molecule has 0 aliphatic heterocycles. The van der Waals surface area contributed by atoms with E-state index in [9.17, 15) is 5.11 Å². The number of fused-ring (bicyclic) bond motifs is 1. The highest BCUT2D eigenvalue weighted by atomic mass is 16.3. The molecule has 1 nitrogen and oxygen atoms in total. The normalized spacial score (nSPS) is 43.4. The molecule has 3 rings (SSSR count). The fraction of sp³-hybridized carbons (Fsp3) is 0.769. The van der Waals surface area contributed by atoms with Crippen LogP contribution in [0.4, 0.5) is 0 Å². The van der Waals surface area contributed by atoms with Crippen LogP contribution >= 0.6 is 0 Å². The molecule has 0 radical (unpaired) electrons. The first-order valence-electron chi connectivity index (χ1n) is 11.3. The summed E-state index contributed by atoms with van der Waals surface area (Å²) in [6.45, 7) is 18.8. The predicted molar refractivity (Wildman–Crippen MR) is 117 cm³/mol. The molecular weight excluding hydrogens is 328 g/mol. The Morgan fingerprint density at radius 3 is 2.52 bits per heavy atom. The lowest BCUT2D eigenvalue weighted by atomic mass is 9.49. The number of hydrogen-bond acceptors (Lipinski definition) is 1. The van der Waals surface area contributed by atoms with Crippen molar-refractivity contribution in [2.45, 2.75) is 99.0 Å². The maximum absolute atomic E-state index is 10.3. The fourth-order valence-corrected chi connectivity index (χ4v) is 6.68. The molecule has 0 aromatic rings. The van der Waals surface area contributed by atoms with E-state index in [2.05, 4.69) is 60.3 Å². The van der Waals surface area contributed by atoms with Crippen LogP contribution in [0, 0.1) is 28.1 Å². The van der Waals surface area contributed by atoms with Gasteiger partial charge < -0.3 is 5.11 Å². The second kappa shape index (κ2) is 7.21. The van der Waals surface area contributed by atoms with Crippen molar-refractivity contribution in [3.05, 3.63) is 35.5 Å². The smallest absolute Gasteiger partial charge is 0.0787 e. The highest BCUT2D eigenvalue weighted by Crippen LogP contribution is 2.69. The van der Waals surface area contributed by atoms with Crippen molar-refractivity contribution < 1.29 is 5.11 Å². The van der Waals surface area contributed by atoms with E-state index in [4.69, 9.17) is 0 Å². The number of rotatable bonds is 3. The zero-order valence-corrected chi connectivity index (χ0v) is 18.7. The molecule has 0 spiro atoms. The van der Waals surface area contributed by atoms with Gasteiger partial charge in [0.25, 0.3) is 0 Å². The number of allylic oxidation sites excluding steroid dienone is 3. The third-order valence-corrected chi connectivity index (χ3v) is 9.57. The average Bonchev–Trinajstić information content (AvgIpc) is 2.91. The van der Waals surface area contributed by atoms with Gasteiger partial charge in [-0.1, -0.05) is 77.8 Å². The maximum Gasteiger partial charge on any atom is 0.0787 e. The second-order valence-electron chi connectivity index (χ2n) is 10.9. The first kappa shape index (κ1) is 20.9. The Kier molecular flexibility index (Phi) is 5.58.